The van der Waals surface area contributed by atoms with Crippen LogP contribution in [0.25, 0.3) is 0 Å². The maximum atomic E-state index is 12.9. The van der Waals surface area contributed by atoms with Crippen molar-refractivity contribution in [2.45, 2.75) is 32.0 Å². The third-order valence-corrected chi connectivity index (χ3v) is 1.34. The van der Waals surface area contributed by atoms with E-state index in [9.17, 15) is 9.18 Å². The summed E-state index contributed by atoms with van der Waals surface area (Å²) < 4.78 is 12.9. The van der Waals surface area contributed by atoms with Gasteiger partial charge in [0.1, 0.15) is 11.7 Å². The molecule has 0 aliphatic carbocycles. The van der Waals surface area contributed by atoms with Gasteiger partial charge in [-0.3, -0.25) is 4.79 Å². The molecule has 0 unspecified atom stereocenters. The molecular weight excluding hydrogens is 149 g/mol. The molecule has 0 aromatic carbocycles. The first-order valence-corrected chi connectivity index (χ1v) is 3.46. The molecule has 0 aliphatic rings. The quantitative estimate of drug-likeness (QED) is 0.644. The SMILES string of the molecule is CN[C@H](CC(C)(C)F)C(=O)O. The minimum atomic E-state index is -1.44. The summed E-state index contributed by atoms with van der Waals surface area (Å²) >= 11 is 0. The van der Waals surface area contributed by atoms with Crippen molar-refractivity contribution >= 4 is 5.97 Å². The van der Waals surface area contributed by atoms with Crippen molar-refractivity contribution in [3.8, 4) is 0 Å². The highest BCUT2D eigenvalue weighted by molar-refractivity contribution is 5.73. The molecule has 0 spiro atoms. The summed E-state index contributed by atoms with van der Waals surface area (Å²) in [6.07, 6.45) is -0.0150. The highest BCUT2D eigenvalue weighted by Gasteiger charge is 2.25. The van der Waals surface area contributed by atoms with Crippen LogP contribution in [-0.2, 0) is 4.79 Å². The number of hydrogen-bond acceptors (Lipinski definition) is 2. The Morgan fingerprint density at radius 3 is 2.27 bits per heavy atom. The summed E-state index contributed by atoms with van der Waals surface area (Å²) in [7, 11) is 1.50. The summed E-state index contributed by atoms with van der Waals surface area (Å²) in [4.78, 5) is 10.4. The zero-order valence-corrected chi connectivity index (χ0v) is 7.02. The van der Waals surface area contributed by atoms with Crippen molar-refractivity contribution in [3.05, 3.63) is 0 Å². The molecule has 0 fully saturated rings. The zero-order valence-electron chi connectivity index (χ0n) is 7.02. The average Bonchev–Trinajstić information content (AvgIpc) is 1.80. The lowest BCUT2D eigenvalue weighted by atomic mass is 10.0. The van der Waals surface area contributed by atoms with Crippen LogP contribution in [0, 0.1) is 0 Å². The van der Waals surface area contributed by atoms with E-state index in [4.69, 9.17) is 5.11 Å². The number of alkyl halides is 1. The third-order valence-electron chi connectivity index (χ3n) is 1.34. The van der Waals surface area contributed by atoms with Gasteiger partial charge in [-0.15, -0.1) is 0 Å². The second kappa shape index (κ2) is 3.67. The molecule has 0 radical (unpaired) electrons. The monoisotopic (exact) mass is 163 g/mol. The largest absolute Gasteiger partial charge is 0.480 e. The normalized spacial score (nSPS) is 14.5. The van der Waals surface area contributed by atoms with Gasteiger partial charge in [-0.05, 0) is 20.9 Å². The highest BCUT2D eigenvalue weighted by atomic mass is 19.1. The van der Waals surface area contributed by atoms with E-state index in [2.05, 4.69) is 5.32 Å². The van der Waals surface area contributed by atoms with E-state index in [1.807, 2.05) is 0 Å². The lowest BCUT2D eigenvalue weighted by Gasteiger charge is -2.18. The molecular formula is C7H14FNO2. The number of halogens is 1. The number of nitrogens with one attached hydrogen (secondary N) is 1. The molecule has 11 heavy (non-hydrogen) atoms. The number of carboxylic acid groups (broad SMARTS) is 1. The second-order valence-corrected chi connectivity index (χ2v) is 3.10. The van der Waals surface area contributed by atoms with Gasteiger partial charge in [-0.2, -0.15) is 0 Å². The Hall–Kier alpha value is -0.640. The fourth-order valence-corrected chi connectivity index (χ4v) is 0.798. The number of carbonyl (C=O) groups is 1. The lowest BCUT2D eigenvalue weighted by molar-refractivity contribution is -0.140. The van der Waals surface area contributed by atoms with Crippen LogP contribution in [0.3, 0.4) is 0 Å². The van der Waals surface area contributed by atoms with Gasteiger partial charge >= 0.3 is 5.97 Å². The number of carboxylic acids is 1. The van der Waals surface area contributed by atoms with Gasteiger partial charge in [0.25, 0.3) is 0 Å². The minimum absolute atomic E-state index is 0.0150. The second-order valence-electron chi connectivity index (χ2n) is 3.10. The number of rotatable bonds is 4. The van der Waals surface area contributed by atoms with Crippen LogP contribution >= 0.6 is 0 Å². The van der Waals surface area contributed by atoms with Crippen LogP contribution in [0.5, 0.6) is 0 Å². The molecule has 66 valence electrons. The smallest absolute Gasteiger partial charge is 0.320 e. The molecule has 0 bridgehead atoms. The molecule has 0 aromatic heterocycles. The van der Waals surface area contributed by atoms with E-state index >= 15 is 0 Å². The lowest BCUT2D eigenvalue weighted by Crippen LogP contribution is -2.38. The predicted molar refractivity (Wildman–Crippen MR) is 40.3 cm³/mol. The average molecular weight is 163 g/mol. The van der Waals surface area contributed by atoms with Crippen molar-refractivity contribution in [2.75, 3.05) is 7.05 Å². The highest BCUT2D eigenvalue weighted by Crippen LogP contribution is 2.15. The van der Waals surface area contributed by atoms with Crippen LogP contribution in [0.15, 0.2) is 0 Å². The summed E-state index contributed by atoms with van der Waals surface area (Å²) in [6.45, 7) is 2.72. The van der Waals surface area contributed by atoms with Crippen molar-refractivity contribution in [3.63, 3.8) is 0 Å². The molecule has 0 amide bonds. The third kappa shape index (κ3) is 4.72. The first-order chi connectivity index (χ1) is 4.87. The van der Waals surface area contributed by atoms with Gasteiger partial charge in [-0.1, -0.05) is 0 Å². The molecule has 0 saturated carbocycles. The van der Waals surface area contributed by atoms with Crippen LogP contribution in [0.1, 0.15) is 20.3 Å². The Kier molecular flexibility index (Phi) is 3.45. The number of hydrogen-bond donors (Lipinski definition) is 2. The fraction of sp³-hybridized carbons (Fsp3) is 0.857. The van der Waals surface area contributed by atoms with E-state index in [-0.39, 0.29) is 6.42 Å². The van der Waals surface area contributed by atoms with Crippen LogP contribution in [-0.4, -0.2) is 29.8 Å². The molecule has 0 saturated heterocycles. The van der Waals surface area contributed by atoms with Gasteiger partial charge in [0.2, 0.25) is 0 Å². The van der Waals surface area contributed by atoms with E-state index in [0.717, 1.165) is 0 Å². The maximum Gasteiger partial charge on any atom is 0.320 e. The number of likely N-dealkylation sites (N-methyl/N-ethyl adjacent to an activating group) is 1. The van der Waals surface area contributed by atoms with E-state index in [1.54, 1.807) is 0 Å². The van der Waals surface area contributed by atoms with Crippen LogP contribution < -0.4 is 5.32 Å². The first-order valence-electron chi connectivity index (χ1n) is 3.46. The fourth-order valence-electron chi connectivity index (χ4n) is 0.798. The minimum Gasteiger partial charge on any atom is -0.480 e. The van der Waals surface area contributed by atoms with Crippen LogP contribution in [0.2, 0.25) is 0 Å². The first kappa shape index (κ1) is 10.4. The summed E-state index contributed by atoms with van der Waals surface area (Å²) in [6, 6.07) is -0.796. The van der Waals surface area contributed by atoms with E-state index in [1.165, 1.54) is 20.9 Å². The van der Waals surface area contributed by atoms with Gasteiger partial charge in [0.05, 0.1) is 0 Å². The van der Waals surface area contributed by atoms with Crippen LogP contribution in [0.4, 0.5) is 4.39 Å². The molecule has 4 heteroatoms. The zero-order chi connectivity index (χ0) is 9.07. The molecule has 2 N–H and O–H groups in total. The van der Waals surface area contributed by atoms with Gasteiger partial charge in [0, 0.05) is 6.42 Å². The van der Waals surface area contributed by atoms with E-state index < -0.39 is 17.7 Å². The van der Waals surface area contributed by atoms with Gasteiger partial charge in [0.15, 0.2) is 0 Å². The summed E-state index contributed by atoms with van der Waals surface area (Å²) in [5.74, 6) is -1.02. The standard InChI is InChI=1S/C7H14FNO2/c1-7(2,8)4-5(9-3)6(10)11/h5,9H,4H2,1-3H3,(H,10,11)/t5-/m1/s1. The molecule has 0 aliphatic heterocycles. The van der Waals surface area contributed by atoms with Crippen molar-refractivity contribution < 1.29 is 14.3 Å². The molecule has 0 aromatic rings. The summed E-state index contributed by atoms with van der Waals surface area (Å²) in [5, 5.41) is 11.0. The van der Waals surface area contributed by atoms with Crippen molar-refractivity contribution in [1.82, 2.24) is 5.32 Å². The maximum absolute atomic E-state index is 12.9. The molecule has 3 nitrogen and oxygen atoms in total. The van der Waals surface area contributed by atoms with E-state index in [0.29, 0.717) is 0 Å². The predicted octanol–water partition coefficient (Wildman–Crippen LogP) is 0.797. The summed E-state index contributed by atoms with van der Waals surface area (Å²) in [5.41, 5.74) is -1.44. The Balaban J connectivity index is 3.99. The Morgan fingerprint density at radius 1 is 1.73 bits per heavy atom. The Morgan fingerprint density at radius 2 is 2.18 bits per heavy atom. The molecule has 0 rings (SSSR count). The Bertz CT molecular complexity index is 142. The van der Waals surface area contributed by atoms with Gasteiger partial charge in [-0.25, -0.2) is 4.39 Å². The Labute approximate surface area is 65.6 Å². The van der Waals surface area contributed by atoms with Crippen molar-refractivity contribution in [1.29, 1.82) is 0 Å². The van der Waals surface area contributed by atoms with Gasteiger partial charge < -0.3 is 10.4 Å². The molecule has 0 heterocycles. The molecule has 1 atom stereocenters. The number of aliphatic carboxylic acids is 1. The van der Waals surface area contributed by atoms with Crippen molar-refractivity contribution in [2.24, 2.45) is 0 Å². The topological polar surface area (TPSA) is 49.3 Å².